The molecule has 0 aromatic heterocycles. The van der Waals surface area contributed by atoms with Crippen molar-refractivity contribution in [2.45, 2.75) is 84.0 Å². The first-order valence-electron chi connectivity index (χ1n) is 12.2. The highest BCUT2D eigenvalue weighted by atomic mass is 19.1. The van der Waals surface area contributed by atoms with E-state index in [1.807, 2.05) is 27.7 Å². The third-order valence-corrected chi connectivity index (χ3v) is 7.32. The van der Waals surface area contributed by atoms with E-state index < -0.39 is 16.8 Å². The van der Waals surface area contributed by atoms with Crippen molar-refractivity contribution in [2.75, 3.05) is 7.11 Å². The highest BCUT2D eigenvalue weighted by molar-refractivity contribution is 5.97. The number of carbonyl (C=O) groups is 2. The van der Waals surface area contributed by atoms with Gasteiger partial charge in [-0.25, -0.2) is 4.39 Å². The summed E-state index contributed by atoms with van der Waals surface area (Å²) >= 11 is 0. The average molecular weight is 474 g/mol. The van der Waals surface area contributed by atoms with Crippen LogP contribution in [0.5, 0.6) is 11.5 Å². The maximum atomic E-state index is 14.8. The van der Waals surface area contributed by atoms with Gasteiger partial charge in [0.1, 0.15) is 11.4 Å². The van der Waals surface area contributed by atoms with Gasteiger partial charge in [-0.3, -0.25) is 9.59 Å². The Morgan fingerprint density at radius 1 is 1.09 bits per heavy atom. The lowest BCUT2D eigenvalue weighted by molar-refractivity contribution is -0.169. The topological polar surface area (TPSA) is 73.9 Å². The number of rotatable bonds is 6. The molecule has 186 valence electrons. The van der Waals surface area contributed by atoms with E-state index >= 15 is 0 Å². The number of amides is 1. The fraction of sp³-hybridized carbons (Fsp3) is 0.630. The number of halogens is 1. The van der Waals surface area contributed by atoms with Gasteiger partial charge in [0.05, 0.1) is 24.2 Å². The molecule has 0 heterocycles. The second-order valence-electron chi connectivity index (χ2n) is 11.2. The van der Waals surface area contributed by atoms with Gasteiger partial charge in [0.25, 0.3) is 5.91 Å². The van der Waals surface area contributed by atoms with E-state index in [1.165, 1.54) is 19.2 Å². The summed E-state index contributed by atoms with van der Waals surface area (Å²) in [4.78, 5) is 25.7. The molecular formula is C27H36FNO5. The Bertz CT molecular complexity index is 974. The second-order valence-corrected chi connectivity index (χ2v) is 11.2. The largest absolute Gasteiger partial charge is 0.496 e. The van der Waals surface area contributed by atoms with E-state index in [0.717, 1.165) is 12.8 Å². The van der Waals surface area contributed by atoms with E-state index in [0.29, 0.717) is 37.5 Å². The average Bonchev–Trinajstić information content (AvgIpc) is 3.38. The molecule has 0 unspecified atom stereocenters. The van der Waals surface area contributed by atoms with Gasteiger partial charge in [0.2, 0.25) is 0 Å². The van der Waals surface area contributed by atoms with Crippen molar-refractivity contribution >= 4 is 11.9 Å². The first-order valence-corrected chi connectivity index (χ1v) is 12.2. The van der Waals surface area contributed by atoms with Crippen molar-refractivity contribution in [1.82, 2.24) is 5.32 Å². The van der Waals surface area contributed by atoms with Gasteiger partial charge in [0, 0.05) is 12.1 Å². The van der Waals surface area contributed by atoms with Crippen LogP contribution in [0.2, 0.25) is 0 Å². The zero-order valence-electron chi connectivity index (χ0n) is 20.8. The number of hydrogen-bond donors (Lipinski definition) is 1. The molecule has 0 aliphatic heterocycles. The van der Waals surface area contributed by atoms with Crippen LogP contribution >= 0.6 is 0 Å². The molecule has 3 aliphatic carbocycles. The molecule has 0 radical (unpaired) electrons. The first kappa shape index (κ1) is 24.6. The highest BCUT2D eigenvalue weighted by Gasteiger charge is 2.41. The zero-order chi connectivity index (χ0) is 24.7. The van der Waals surface area contributed by atoms with E-state index in [2.05, 4.69) is 17.5 Å². The Hall–Kier alpha value is -2.57. The van der Waals surface area contributed by atoms with Crippen molar-refractivity contribution in [3.8, 4) is 11.5 Å². The molecule has 3 atom stereocenters. The van der Waals surface area contributed by atoms with Gasteiger partial charge >= 0.3 is 5.97 Å². The number of benzene rings is 1. The Balaban J connectivity index is 1.42. The number of fused-ring (bicyclic) bond motifs is 2. The second kappa shape index (κ2) is 9.23. The number of nitrogens with one attached hydrogen (secondary N) is 1. The van der Waals surface area contributed by atoms with Crippen LogP contribution in [0.3, 0.4) is 0 Å². The monoisotopic (exact) mass is 473 g/mol. The molecule has 6 nitrogen and oxygen atoms in total. The Morgan fingerprint density at radius 3 is 2.35 bits per heavy atom. The van der Waals surface area contributed by atoms with Crippen LogP contribution in [0.25, 0.3) is 0 Å². The lowest BCUT2D eigenvalue weighted by atomic mass is 9.74. The van der Waals surface area contributed by atoms with Crippen LogP contribution in [0.15, 0.2) is 24.3 Å². The fourth-order valence-electron chi connectivity index (χ4n) is 5.30. The lowest BCUT2D eigenvalue weighted by Gasteiger charge is -2.37. The summed E-state index contributed by atoms with van der Waals surface area (Å²) < 4.78 is 31.7. The summed E-state index contributed by atoms with van der Waals surface area (Å²) in [7, 11) is 1.42. The molecule has 0 spiro atoms. The van der Waals surface area contributed by atoms with Crippen molar-refractivity contribution < 1.29 is 28.2 Å². The van der Waals surface area contributed by atoms with Gasteiger partial charge in [-0.1, -0.05) is 12.2 Å². The van der Waals surface area contributed by atoms with E-state index in [4.69, 9.17) is 14.2 Å². The summed E-state index contributed by atoms with van der Waals surface area (Å²) in [6, 6.07) is 2.73. The molecule has 1 aromatic carbocycles. The maximum absolute atomic E-state index is 14.8. The number of esters is 1. The first-order chi connectivity index (χ1) is 16.0. The molecular weight excluding hydrogens is 437 g/mol. The third kappa shape index (κ3) is 5.23. The van der Waals surface area contributed by atoms with Crippen LogP contribution in [0.1, 0.15) is 76.6 Å². The Morgan fingerprint density at radius 2 is 1.79 bits per heavy atom. The van der Waals surface area contributed by atoms with Crippen molar-refractivity contribution in [3.63, 3.8) is 0 Å². The summed E-state index contributed by atoms with van der Waals surface area (Å²) in [6.45, 7) is 7.49. The number of ether oxygens (including phenoxy) is 3. The normalized spacial score (nSPS) is 30.2. The number of methoxy groups -OCH3 is 1. The van der Waals surface area contributed by atoms with Gasteiger partial charge in [-0.05, 0) is 84.1 Å². The van der Waals surface area contributed by atoms with Crippen molar-refractivity contribution in [2.24, 2.45) is 17.3 Å². The summed E-state index contributed by atoms with van der Waals surface area (Å²) in [6.07, 6.45) is 8.53. The number of hydrogen-bond acceptors (Lipinski definition) is 5. The minimum absolute atomic E-state index is 0.0321. The highest BCUT2D eigenvalue weighted by Crippen LogP contribution is 2.41. The van der Waals surface area contributed by atoms with E-state index in [9.17, 15) is 14.0 Å². The summed E-state index contributed by atoms with van der Waals surface area (Å²) in [5.41, 5.74) is -0.850. The van der Waals surface area contributed by atoms with Crippen LogP contribution in [-0.4, -0.2) is 36.7 Å². The Kier molecular flexibility index (Phi) is 6.67. The van der Waals surface area contributed by atoms with Crippen LogP contribution in [0, 0.1) is 23.1 Å². The standard InChI is InChI=1S/C27H36FNO5/c1-26(2,3)34-25(31)27(4)10-8-18(9-11-27)33-23-14-19(22(32-5)15-20(23)28)24(30)29-21-13-16-6-7-17(21)12-16/h6-7,14-18,21H,8-13H2,1-5H3,(H,29,30)/t16-,17+,18?,21+,27?/m0/s1. The molecule has 2 fully saturated rings. The fourth-order valence-corrected chi connectivity index (χ4v) is 5.30. The quantitative estimate of drug-likeness (QED) is 0.454. The number of carbonyl (C=O) groups excluding carboxylic acids is 2. The summed E-state index contributed by atoms with van der Waals surface area (Å²) in [5, 5.41) is 3.09. The van der Waals surface area contributed by atoms with Gasteiger partial charge in [0.15, 0.2) is 11.6 Å². The third-order valence-electron chi connectivity index (χ3n) is 7.32. The predicted octanol–water partition coefficient (Wildman–Crippen LogP) is 5.20. The smallest absolute Gasteiger partial charge is 0.312 e. The van der Waals surface area contributed by atoms with Gasteiger partial charge in [-0.15, -0.1) is 0 Å². The lowest BCUT2D eigenvalue weighted by Crippen LogP contribution is -2.40. The maximum Gasteiger partial charge on any atom is 0.312 e. The molecule has 2 bridgehead atoms. The predicted molar refractivity (Wildman–Crippen MR) is 126 cm³/mol. The molecule has 3 aliphatic rings. The molecule has 34 heavy (non-hydrogen) atoms. The van der Waals surface area contributed by atoms with E-state index in [1.54, 1.807) is 0 Å². The van der Waals surface area contributed by atoms with Crippen molar-refractivity contribution in [3.05, 3.63) is 35.7 Å². The minimum atomic E-state index is -0.578. The zero-order valence-corrected chi connectivity index (χ0v) is 20.8. The molecule has 4 rings (SSSR count). The minimum Gasteiger partial charge on any atom is -0.496 e. The molecule has 1 amide bonds. The van der Waals surface area contributed by atoms with E-state index in [-0.39, 0.29) is 41.1 Å². The van der Waals surface area contributed by atoms with Crippen LogP contribution < -0.4 is 14.8 Å². The molecule has 7 heteroatoms. The Labute approximate surface area is 201 Å². The van der Waals surface area contributed by atoms with Gasteiger partial charge < -0.3 is 19.5 Å². The molecule has 2 saturated carbocycles. The molecule has 0 saturated heterocycles. The molecule has 1 N–H and O–H groups in total. The van der Waals surface area contributed by atoms with Crippen LogP contribution in [0.4, 0.5) is 4.39 Å². The molecule has 1 aromatic rings. The van der Waals surface area contributed by atoms with Crippen molar-refractivity contribution in [1.29, 1.82) is 0 Å². The SMILES string of the molecule is COc1cc(F)c(OC2CCC(C)(C(=O)OC(C)(C)C)CC2)cc1C(=O)N[C@@H]1C[C@H]2C=C[C@@H]1C2. The van der Waals surface area contributed by atoms with Gasteiger partial charge in [-0.2, -0.15) is 0 Å². The van der Waals surface area contributed by atoms with Crippen LogP contribution in [-0.2, 0) is 9.53 Å². The summed E-state index contributed by atoms with van der Waals surface area (Å²) in [5.74, 6) is 0.0421. The number of allylic oxidation sites excluding steroid dienone is 1.